The molecule has 2 rings (SSSR count). The van der Waals surface area contributed by atoms with Crippen LogP contribution in [0.5, 0.6) is 11.5 Å². The number of para-hydroxylation sites is 2. The van der Waals surface area contributed by atoms with Crippen molar-refractivity contribution in [2.75, 3.05) is 27.3 Å². The van der Waals surface area contributed by atoms with Crippen LogP contribution in [-0.4, -0.2) is 54.0 Å². The number of methoxy groups -OCH3 is 1. The van der Waals surface area contributed by atoms with Gasteiger partial charge in [0, 0.05) is 6.54 Å². The van der Waals surface area contributed by atoms with Gasteiger partial charge in [0.05, 0.1) is 13.7 Å². The third kappa shape index (κ3) is 7.22. The Kier molecular flexibility index (Phi) is 7.66. The van der Waals surface area contributed by atoms with Crippen LogP contribution in [0, 0.1) is 0 Å². The van der Waals surface area contributed by atoms with Crippen molar-refractivity contribution in [3.63, 3.8) is 0 Å². The molecule has 1 amide bonds. The number of ether oxygens (including phenoxy) is 3. The summed E-state index contributed by atoms with van der Waals surface area (Å²) >= 11 is 0. The van der Waals surface area contributed by atoms with Gasteiger partial charge in [0.2, 0.25) is 5.89 Å². The van der Waals surface area contributed by atoms with E-state index in [4.69, 9.17) is 18.7 Å². The smallest absolute Gasteiger partial charge is 0.408 e. The average Bonchev–Trinajstić information content (AvgIpc) is 3.09. The minimum Gasteiger partial charge on any atom is -0.493 e. The van der Waals surface area contributed by atoms with Crippen molar-refractivity contribution in [2.24, 2.45) is 0 Å². The van der Waals surface area contributed by atoms with Crippen LogP contribution in [0.25, 0.3) is 0 Å². The van der Waals surface area contributed by atoms with Crippen LogP contribution < -0.4 is 14.8 Å². The summed E-state index contributed by atoms with van der Waals surface area (Å²) in [5, 5.41) is 6.78. The van der Waals surface area contributed by atoms with E-state index in [0.29, 0.717) is 42.9 Å². The summed E-state index contributed by atoms with van der Waals surface area (Å²) in [5.41, 5.74) is -1.42. The molecule has 9 nitrogen and oxygen atoms in total. The molecule has 1 aromatic carbocycles. The van der Waals surface area contributed by atoms with E-state index in [1.165, 1.54) is 0 Å². The van der Waals surface area contributed by atoms with E-state index in [1.54, 1.807) is 41.7 Å². The largest absolute Gasteiger partial charge is 0.493 e. The fourth-order valence-corrected chi connectivity index (χ4v) is 2.55. The Morgan fingerprint density at radius 3 is 2.47 bits per heavy atom. The number of nitrogens with zero attached hydrogens (tertiary/aromatic N) is 3. The number of alkyl carbamates (subject to hydrolysis) is 1. The van der Waals surface area contributed by atoms with Gasteiger partial charge in [-0.3, -0.25) is 4.90 Å². The van der Waals surface area contributed by atoms with Gasteiger partial charge in [-0.25, -0.2) is 4.79 Å². The first-order valence-corrected chi connectivity index (χ1v) is 9.79. The third-order valence-electron chi connectivity index (χ3n) is 4.05. The predicted octanol–water partition coefficient (Wildman–Crippen LogP) is 3.35. The third-order valence-corrected chi connectivity index (χ3v) is 4.05. The normalized spacial score (nSPS) is 12.0. The number of hydrogen-bond acceptors (Lipinski definition) is 8. The highest BCUT2D eigenvalue weighted by molar-refractivity contribution is 5.68. The second-order valence-corrected chi connectivity index (χ2v) is 8.50. The lowest BCUT2D eigenvalue weighted by Gasteiger charge is -2.26. The van der Waals surface area contributed by atoms with E-state index < -0.39 is 17.2 Å². The maximum Gasteiger partial charge on any atom is 0.408 e. The minimum atomic E-state index is -0.838. The molecule has 1 N–H and O–H groups in total. The van der Waals surface area contributed by atoms with Gasteiger partial charge in [0.15, 0.2) is 17.3 Å². The molecule has 0 saturated carbocycles. The van der Waals surface area contributed by atoms with Gasteiger partial charge in [-0.2, -0.15) is 4.98 Å². The molecule has 0 aliphatic rings. The zero-order valence-corrected chi connectivity index (χ0v) is 18.8. The number of carbonyl (C=O) groups is 1. The molecule has 0 spiro atoms. The van der Waals surface area contributed by atoms with Crippen LogP contribution in [0.3, 0.4) is 0 Å². The molecule has 2 aromatic rings. The van der Waals surface area contributed by atoms with Crippen LogP contribution in [0.1, 0.15) is 46.3 Å². The van der Waals surface area contributed by atoms with Crippen LogP contribution in [-0.2, 0) is 16.8 Å². The Morgan fingerprint density at radius 2 is 1.83 bits per heavy atom. The summed E-state index contributed by atoms with van der Waals surface area (Å²) < 4.78 is 21.7. The molecule has 0 radical (unpaired) electrons. The molecule has 30 heavy (non-hydrogen) atoms. The fourth-order valence-electron chi connectivity index (χ4n) is 2.55. The number of nitrogens with one attached hydrogen (secondary N) is 1. The number of hydrogen-bond donors (Lipinski definition) is 1. The molecular weight excluding hydrogens is 388 g/mol. The van der Waals surface area contributed by atoms with Crippen molar-refractivity contribution in [2.45, 2.75) is 52.3 Å². The zero-order valence-electron chi connectivity index (χ0n) is 18.8. The summed E-state index contributed by atoms with van der Waals surface area (Å²) in [7, 11) is 3.54. The standard InChI is InChI=1S/C21H32N4O5/c1-20(2,3)29-19(26)23-21(4,5)18-22-17(30-24-18)14-25(6)12-13-28-16-11-9-8-10-15(16)27-7/h8-11H,12-14H2,1-7H3,(H,23,26). The monoisotopic (exact) mass is 420 g/mol. The lowest BCUT2D eigenvalue weighted by Crippen LogP contribution is -2.44. The summed E-state index contributed by atoms with van der Waals surface area (Å²) in [6.07, 6.45) is -0.538. The maximum atomic E-state index is 12.1. The van der Waals surface area contributed by atoms with Crippen molar-refractivity contribution >= 4 is 6.09 Å². The molecule has 0 aliphatic heterocycles. The minimum absolute atomic E-state index is 0.377. The van der Waals surface area contributed by atoms with Gasteiger partial charge < -0.3 is 24.1 Å². The van der Waals surface area contributed by atoms with E-state index in [-0.39, 0.29) is 0 Å². The highest BCUT2D eigenvalue weighted by atomic mass is 16.6. The molecule has 1 heterocycles. The van der Waals surface area contributed by atoms with Crippen LogP contribution in [0.2, 0.25) is 0 Å². The summed E-state index contributed by atoms with van der Waals surface area (Å²) in [4.78, 5) is 18.5. The van der Waals surface area contributed by atoms with Crippen molar-refractivity contribution in [1.29, 1.82) is 0 Å². The Hall–Kier alpha value is -2.81. The second-order valence-electron chi connectivity index (χ2n) is 8.50. The fraction of sp³-hybridized carbons (Fsp3) is 0.571. The average molecular weight is 421 g/mol. The van der Waals surface area contributed by atoms with Crippen molar-refractivity contribution in [3.8, 4) is 11.5 Å². The summed E-state index contributed by atoms with van der Waals surface area (Å²) in [6.45, 7) is 10.6. The summed E-state index contributed by atoms with van der Waals surface area (Å²) in [5.74, 6) is 2.22. The molecule has 0 saturated heterocycles. The van der Waals surface area contributed by atoms with Gasteiger partial charge in [-0.15, -0.1) is 0 Å². The molecular formula is C21H32N4O5. The van der Waals surface area contributed by atoms with E-state index in [9.17, 15) is 4.79 Å². The van der Waals surface area contributed by atoms with E-state index in [2.05, 4.69) is 15.5 Å². The number of amides is 1. The highest BCUT2D eigenvalue weighted by Crippen LogP contribution is 2.25. The van der Waals surface area contributed by atoms with Gasteiger partial charge in [-0.05, 0) is 53.8 Å². The van der Waals surface area contributed by atoms with Gasteiger partial charge in [-0.1, -0.05) is 17.3 Å². The number of likely N-dealkylation sites (N-methyl/N-ethyl adjacent to an activating group) is 1. The predicted molar refractivity (Wildman–Crippen MR) is 112 cm³/mol. The van der Waals surface area contributed by atoms with E-state index in [0.717, 1.165) is 0 Å². The quantitative estimate of drug-likeness (QED) is 0.659. The van der Waals surface area contributed by atoms with Crippen LogP contribution in [0.15, 0.2) is 28.8 Å². The highest BCUT2D eigenvalue weighted by Gasteiger charge is 2.31. The molecule has 0 unspecified atom stereocenters. The number of carbonyl (C=O) groups excluding carboxylic acids is 1. The first kappa shape index (κ1) is 23.5. The van der Waals surface area contributed by atoms with Crippen molar-refractivity contribution < 1.29 is 23.5 Å². The second kappa shape index (κ2) is 9.80. The van der Waals surface area contributed by atoms with Gasteiger partial charge in [0.1, 0.15) is 17.7 Å². The Morgan fingerprint density at radius 1 is 1.17 bits per heavy atom. The van der Waals surface area contributed by atoms with Gasteiger partial charge >= 0.3 is 6.09 Å². The zero-order chi connectivity index (χ0) is 22.4. The molecule has 0 bridgehead atoms. The molecule has 1 aromatic heterocycles. The number of benzene rings is 1. The Labute approximate surface area is 177 Å². The maximum absolute atomic E-state index is 12.1. The molecule has 0 aliphatic carbocycles. The molecule has 0 fully saturated rings. The van der Waals surface area contributed by atoms with Crippen molar-refractivity contribution in [3.05, 3.63) is 36.0 Å². The Bertz CT molecular complexity index is 829. The number of aromatic nitrogens is 2. The SMILES string of the molecule is COc1ccccc1OCCN(C)Cc1nc(C(C)(C)NC(=O)OC(C)(C)C)no1. The van der Waals surface area contributed by atoms with E-state index in [1.807, 2.05) is 36.2 Å². The van der Waals surface area contributed by atoms with Crippen molar-refractivity contribution in [1.82, 2.24) is 20.4 Å². The lowest BCUT2D eigenvalue weighted by molar-refractivity contribution is 0.0465. The van der Waals surface area contributed by atoms with Crippen LogP contribution in [0.4, 0.5) is 4.79 Å². The lowest BCUT2D eigenvalue weighted by atomic mass is 10.1. The topological polar surface area (TPSA) is 99.0 Å². The number of rotatable bonds is 9. The van der Waals surface area contributed by atoms with Gasteiger partial charge in [0.25, 0.3) is 0 Å². The van der Waals surface area contributed by atoms with E-state index >= 15 is 0 Å². The van der Waals surface area contributed by atoms with Crippen LogP contribution >= 0.6 is 0 Å². The molecule has 0 atom stereocenters. The first-order chi connectivity index (χ1) is 14.0. The molecule has 166 valence electrons. The summed E-state index contributed by atoms with van der Waals surface area (Å²) in [6, 6.07) is 7.51. The molecule has 9 heteroatoms. The first-order valence-electron chi connectivity index (χ1n) is 9.79. The Balaban J connectivity index is 1.86.